The maximum absolute atomic E-state index is 14.2. The molecule has 0 spiro atoms. The number of aromatic nitrogens is 4. The fraction of sp³-hybridized carbons (Fsp3) is 0.648. The van der Waals surface area contributed by atoms with Crippen LogP contribution in [0.4, 0.5) is 0 Å². The average molecular weight is 1020 g/mol. The summed E-state index contributed by atoms with van der Waals surface area (Å²) in [6, 6.07) is 16.7. The molecule has 2 aliphatic carbocycles. The number of nitrogens with zero attached hydrogens (tertiary/aromatic N) is 4. The predicted octanol–water partition coefficient (Wildman–Crippen LogP) is 4.67. The third-order valence-electron chi connectivity index (χ3n) is 15.3. The minimum absolute atomic E-state index is 0.0442. The number of fused-ring (bicyclic) bond motifs is 1. The maximum Gasteiger partial charge on any atom is 0.338 e. The van der Waals surface area contributed by atoms with Crippen molar-refractivity contribution in [1.29, 1.82) is 0 Å². The normalized spacial score (nSPS) is 31.6. The van der Waals surface area contributed by atoms with E-state index < -0.39 is 110 Å². The lowest BCUT2D eigenvalue weighted by Gasteiger charge is -2.48. The summed E-state index contributed by atoms with van der Waals surface area (Å²) in [5.41, 5.74) is 3.36. The molecule has 73 heavy (non-hydrogen) atoms. The van der Waals surface area contributed by atoms with Crippen molar-refractivity contribution in [2.24, 2.45) is 17.8 Å². The number of aliphatic carboxylic acids is 1. The summed E-state index contributed by atoms with van der Waals surface area (Å²) in [4.78, 5) is 40.9. The third-order valence-corrected chi connectivity index (χ3v) is 15.3. The number of carbonyl (C=O) groups excluding carboxylic acids is 2. The molecular weight excluding hydrogens is 945 g/mol. The Kier molecular flexibility index (Phi) is 18.9. The Balaban J connectivity index is 0.974. The molecule has 19 heteroatoms. The number of hydrogen-bond donors (Lipinski definition) is 6. The fourth-order valence-electron chi connectivity index (χ4n) is 11.1. The molecule has 6 N–H and O–H groups in total. The molecule has 2 aromatic heterocycles. The summed E-state index contributed by atoms with van der Waals surface area (Å²) in [6.07, 6.45) is -6.14. The zero-order chi connectivity index (χ0) is 51.8. The first-order valence-corrected chi connectivity index (χ1v) is 26.2. The van der Waals surface area contributed by atoms with Crippen LogP contribution in [0.2, 0.25) is 0 Å². The maximum atomic E-state index is 14.2. The standard InChI is InChI=1S/C54H74N4O15/c1-31-19-20-39-36(25-31)21-24-57(39)22-10-11-23-58-29-38(55-56-58)17-12-18-40(60)37-26-32(2)48(73-53-47(64)46(63)44(61)33(3)68-53)41(28-37)70-54-50(72-52(67)35-15-8-5-9-16-35)49(45(62)43(30-59)71-54)69-42(51(65)66)27-34-13-6-4-7-14-34/h5,8-9,15-16,19-21,24-25,29,32-34,37,41-50,53-54,59,61-64H,4,6-7,10-14,17-18,22-23,26-28,30H2,1-3H3,(H,65,66)/t32?,33?,37?,41-,42+,43+,44-,45+,46+,47?,48-,49?,50?,53+,54-/m1/s1. The molecule has 0 radical (unpaired) electrons. The van der Waals surface area contributed by atoms with E-state index in [-0.39, 0.29) is 36.5 Å². The van der Waals surface area contributed by atoms with E-state index in [9.17, 15) is 45.0 Å². The molecule has 4 aromatic rings. The fourth-order valence-corrected chi connectivity index (χ4v) is 11.1. The number of rotatable bonds is 22. The summed E-state index contributed by atoms with van der Waals surface area (Å²) < 4.78 is 41.7. The highest BCUT2D eigenvalue weighted by molar-refractivity contribution is 5.89. The topological polar surface area (TPSA) is 264 Å². The first-order chi connectivity index (χ1) is 35.2. The van der Waals surface area contributed by atoms with Gasteiger partial charge in [0.15, 0.2) is 24.8 Å². The van der Waals surface area contributed by atoms with Gasteiger partial charge in [0.1, 0.15) is 42.4 Å². The Morgan fingerprint density at radius 2 is 1.59 bits per heavy atom. The second-order valence-corrected chi connectivity index (χ2v) is 20.8. The smallest absolute Gasteiger partial charge is 0.338 e. The summed E-state index contributed by atoms with van der Waals surface area (Å²) in [5.74, 6) is -3.16. The molecule has 15 atom stereocenters. The van der Waals surface area contributed by atoms with Crippen molar-refractivity contribution < 1.29 is 73.4 Å². The molecule has 4 fully saturated rings. The van der Waals surface area contributed by atoms with Crippen LogP contribution in [0, 0.1) is 24.7 Å². The van der Waals surface area contributed by atoms with Crippen molar-refractivity contribution >= 4 is 28.6 Å². The molecule has 8 rings (SSSR count). The van der Waals surface area contributed by atoms with Gasteiger partial charge in [-0.2, -0.15) is 0 Å². The van der Waals surface area contributed by atoms with Crippen LogP contribution in [0.25, 0.3) is 10.9 Å². The van der Waals surface area contributed by atoms with Gasteiger partial charge in [0.25, 0.3) is 0 Å². The van der Waals surface area contributed by atoms with E-state index in [0.29, 0.717) is 25.8 Å². The minimum Gasteiger partial charge on any atom is -0.479 e. The Morgan fingerprint density at radius 1 is 0.822 bits per heavy atom. The summed E-state index contributed by atoms with van der Waals surface area (Å²) in [7, 11) is 0. The van der Waals surface area contributed by atoms with Crippen LogP contribution in [0.5, 0.6) is 0 Å². The number of aryl methyl sites for hydroxylation is 4. The van der Waals surface area contributed by atoms with E-state index in [2.05, 4.69) is 52.3 Å². The number of aliphatic hydroxyl groups excluding tert-OH is 5. The monoisotopic (exact) mass is 1020 g/mol. The van der Waals surface area contributed by atoms with E-state index in [1.807, 2.05) is 17.8 Å². The molecule has 2 saturated heterocycles. The van der Waals surface area contributed by atoms with Crippen molar-refractivity contribution in [2.45, 2.75) is 197 Å². The molecule has 400 valence electrons. The number of esters is 1. The number of aliphatic hydroxyl groups is 5. The van der Waals surface area contributed by atoms with Gasteiger partial charge in [-0.15, -0.1) is 5.10 Å². The first kappa shape index (κ1) is 54.6. The highest BCUT2D eigenvalue weighted by Gasteiger charge is 2.54. The Morgan fingerprint density at radius 3 is 2.34 bits per heavy atom. The molecule has 2 aromatic carbocycles. The molecule has 0 amide bonds. The second kappa shape index (κ2) is 25.2. The summed E-state index contributed by atoms with van der Waals surface area (Å²) in [5, 5.41) is 75.0. The SMILES string of the molecule is Cc1ccc2c(ccn2CCCCn2cc(CCCC(=O)C3CC(C)[C@@H](O[C@@H]4OC(C)[C@@H](O)[C@H](O)C4O)[C@H](O[C@@H]4O[C@@H](CO)[C@H](O)C(O[C@@H](CC5CCCCC5)C(=O)O)C4OC(=O)c4ccccc4)C3)nn2)c1. The lowest BCUT2D eigenvalue weighted by molar-refractivity contribution is -0.349. The lowest BCUT2D eigenvalue weighted by atomic mass is 9.75. The Hall–Kier alpha value is -4.67. The van der Waals surface area contributed by atoms with Gasteiger partial charge in [-0.05, 0) is 106 Å². The van der Waals surface area contributed by atoms with E-state index >= 15 is 0 Å². The van der Waals surface area contributed by atoms with Crippen LogP contribution in [-0.4, -0.2) is 154 Å². The summed E-state index contributed by atoms with van der Waals surface area (Å²) in [6.45, 7) is 6.31. The van der Waals surface area contributed by atoms with Crippen molar-refractivity contribution in [1.82, 2.24) is 19.6 Å². The van der Waals surface area contributed by atoms with E-state index in [0.717, 1.165) is 57.2 Å². The van der Waals surface area contributed by atoms with Gasteiger partial charge in [0, 0.05) is 43.3 Å². The summed E-state index contributed by atoms with van der Waals surface area (Å²) >= 11 is 0. The van der Waals surface area contributed by atoms with Gasteiger partial charge in [-0.1, -0.05) is 74.1 Å². The van der Waals surface area contributed by atoms with Crippen molar-refractivity contribution in [3.63, 3.8) is 0 Å². The molecule has 2 aliphatic heterocycles. The minimum atomic E-state index is -1.68. The Labute approximate surface area is 425 Å². The van der Waals surface area contributed by atoms with Gasteiger partial charge in [0.2, 0.25) is 0 Å². The van der Waals surface area contributed by atoms with E-state index in [4.69, 9.17) is 28.4 Å². The van der Waals surface area contributed by atoms with Gasteiger partial charge in [-0.25, -0.2) is 9.59 Å². The molecule has 0 bridgehead atoms. The first-order valence-electron chi connectivity index (χ1n) is 26.2. The number of carboxylic acid groups (broad SMARTS) is 1. The van der Waals surface area contributed by atoms with Crippen LogP contribution < -0.4 is 0 Å². The zero-order valence-corrected chi connectivity index (χ0v) is 42.0. The number of hydrogen-bond acceptors (Lipinski definition) is 16. The highest BCUT2D eigenvalue weighted by Crippen LogP contribution is 2.40. The number of ketones is 1. The molecule has 6 unspecified atom stereocenters. The Bertz CT molecular complexity index is 2410. The number of ether oxygens (including phenoxy) is 6. The predicted molar refractivity (Wildman–Crippen MR) is 263 cm³/mol. The number of carboxylic acids is 1. The van der Waals surface area contributed by atoms with Crippen LogP contribution >= 0.6 is 0 Å². The molecule has 2 saturated carbocycles. The second-order valence-electron chi connectivity index (χ2n) is 20.8. The molecule has 19 nitrogen and oxygen atoms in total. The van der Waals surface area contributed by atoms with E-state index in [1.165, 1.54) is 35.5 Å². The van der Waals surface area contributed by atoms with Gasteiger partial charge >= 0.3 is 11.9 Å². The largest absolute Gasteiger partial charge is 0.479 e. The van der Waals surface area contributed by atoms with Crippen molar-refractivity contribution in [3.8, 4) is 0 Å². The molecule has 4 aliphatic rings. The van der Waals surface area contributed by atoms with Gasteiger partial charge in [0.05, 0.1) is 36.2 Å². The average Bonchev–Trinajstić information content (AvgIpc) is 4.02. The van der Waals surface area contributed by atoms with Crippen LogP contribution in [-0.2, 0) is 57.5 Å². The number of carbonyl (C=O) groups is 3. The zero-order valence-electron chi connectivity index (χ0n) is 42.0. The molecule has 4 heterocycles. The number of unbranched alkanes of at least 4 members (excludes halogenated alkanes) is 1. The lowest BCUT2D eigenvalue weighted by Crippen LogP contribution is -2.64. The van der Waals surface area contributed by atoms with Gasteiger partial charge < -0.3 is 63.6 Å². The number of Topliss-reactive ketones (excluding diaryl/α,β-unsaturated/α-hetero) is 1. The quantitative estimate of drug-likeness (QED) is 0.0462. The number of benzene rings is 2. The molecular formula is C54H74N4O15. The van der Waals surface area contributed by atoms with Crippen molar-refractivity contribution in [3.05, 3.63) is 83.8 Å². The third kappa shape index (κ3) is 13.6. The van der Waals surface area contributed by atoms with Crippen LogP contribution in [0.1, 0.15) is 113 Å². The van der Waals surface area contributed by atoms with E-state index in [1.54, 1.807) is 18.2 Å². The van der Waals surface area contributed by atoms with Gasteiger partial charge in [-0.3, -0.25) is 9.48 Å². The highest BCUT2D eigenvalue weighted by atomic mass is 16.7. The van der Waals surface area contributed by atoms with Crippen LogP contribution in [0.3, 0.4) is 0 Å². The van der Waals surface area contributed by atoms with Crippen molar-refractivity contribution in [2.75, 3.05) is 6.61 Å². The van der Waals surface area contributed by atoms with Crippen LogP contribution in [0.15, 0.2) is 67.0 Å².